The van der Waals surface area contributed by atoms with Crippen molar-refractivity contribution in [1.29, 1.82) is 0 Å². The van der Waals surface area contributed by atoms with Gasteiger partial charge in [-0.05, 0) is 39.0 Å². The Morgan fingerprint density at radius 3 is 2.43 bits per heavy atom. The molecule has 8 heteroatoms. The molecule has 0 saturated carbocycles. The average Bonchev–Trinajstić information content (AvgIpc) is 2.42. The average molecular weight is 346 g/mol. The molecular weight excluding hydrogens is 326 g/mol. The Morgan fingerprint density at radius 1 is 1.30 bits per heavy atom. The molecule has 0 saturated heterocycles. The predicted octanol–water partition coefficient (Wildman–Crippen LogP) is 1.96. The largest absolute Gasteiger partial charge is 0.478 e. The fraction of sp³-hybridized carbons (Fsp3) is 0.467. The smallest absolute Gasteiger partial charge is 0.407 e. The van der Waals surface area contributed by atoms with E-state index in [0.717, 1.165) is 0 Å². The summed E-state index contributed by atoms with van der Waals surface area (Å²) in [7, 11) is 0. The van der Waals surface area contributed by atoms with Crippen LogP contribution in [0.1, 0.15) is 42.8 Å². The Balaban J connectivity index is 2.73. The van der Waals surface area contributed by atoms with E-state index >= 15 is 0 Å². The van der Waals surface area contributed by atoms with Gasteiger partial charge in [0.25, 0.3) is 0 Å². The van der Waals surface area contributed by atoms with Gasteiger partial charge in [0.05, 0.1) is 5.56 Å². The Bertz CT molecular complexity index is 584. The van der Waals surface area contributed by atoms with Crippen LogP contribution in [0.3, 0.4) is 0 Å². The molecule has 0 radical (unpaired) electrons. The number of amides is 1. The quantitative estimate of drug-likeness (QED) is 0.648. The number of aliphatic hydroxyl groups excluding tert-OH is 2. The number of rotatable bonds is 5. The monoisotopic (exact) mass is 345 g/mol. The van der Waals surface area contributed by atoms with Crippen LogP contribution in [-0.2, 0) is 4.74 Å². The van der Waals surface area contributed by atoms with Crippen molar-refractivity contribution >= 4 is 23.7 Å². The first kappa shape index (κ1) is 19.2. The molecule has 128 valence electrons. The molecule has 0 aliphatic carbocycles. The van der Waals surface area contributed by atoms with Gasteiger partial charge >= 0.3 is 12.1 Å². The van der Waals surface area contributed by atoms with Crippen LogP contribution in [0.15, 0.2) is 18.2 Å². The molecule has 1 rings (SSSR count). The summed E-state index contributed by atoms with van der Waals surface area (Å²) in [5.74, 6) is -1.18. The lowest BCUT2D eigenvalue weighted by atomic mass is 10.0. The number of hydrogen-bond acceptors (Lipinski definition) is 5. The fourth-order valence-electron chi connectivity index (χ4n) is 1.72. The number of benzene rings is 1. The number of ether oxygens (including phenoxy) is 1. The maximum atomic E-state index is 11.5. The third-order valence-corrected chi connectivity index (χ3v) is 3.12. The van der Waals surface area contributed by atoms with Crippen LogP contribution in [0.2, 0.25) is 5.02 Å². The van der Waals surface area contributed by atoms with Gasteiger partial charge in [-0.25, -0.2) is 9.59 Å². The van der Waals surface area contributed by atoms with Crippen molar-refractivity contribution in [3.05, 3.63) is 34.3 Å². The molecule has 23 heavy (non-hydrogen) atoms. The number of carboxylic acid groups (broad SMARTS) is 1. The van der Waals surface area contributed by atoms with Crippen LogP contribution >= 0.6 is 11.6 Å². The van der Waals surface area contributed by atoms with E-state index in [4.69, 9.17) is 21.4 Å². The van der Waals surface area contributed by atoms with Crippen molar-refractivity contribution in [2.45, 2.75) is 38.6 Å². The Hall–Kier alpha value is -1.83. The van der Waals surface area contributed by atoms with Gasteiger partial charge in [0.15, 0.2) is 0 Å². The van der Waals surface area contributed by atoms with Gasteiger partial charge in [-0.2, -0.15) is 0 Å². The number of aliphatic hydroxyl groups is 2. The minimum Gasteiger partial charge on any atom is -0.478 e. The highest BCUT2D eigenvalue weighted by atomic mass is 35.5. The molecule has 1 amide bonds. The normalized spacial score (nSPS) is 14.0. The summed E-state index contributed by atoms with van der Waals surface area (Å²) in [5, 5.41) is 31.4. The molecule has 4 N–H and O–H groups in total. The van der Waals surface area contributed by atoms with Gasteiger partial charge in [0, 0.05) is 17.1 Å². The SMILES string of the molecule is CC(C)(C)OC(=O)NCC(O)C(O)c1cc(C(=O)O)ccc1Cl. The number of nitrogens with one attached hydrogen (secondary N) is 1. The second-order valence-electron chi connectivity index (χ2n) is 5.94. The lowest BCUT2D eigenvalue weighted by Crippen LogP contribution is -2.38. The van der Waals surface area contributed by atoms with Crippen molar-refractivity contribution < 1.29 is 29.6 Å². The first-order chi connectivity index (χ1) is 10.5. The highest BCUT2D eigenvalue weighted by molar-refractivity contribution is 6.31. The van der Waals surface area contributed by atoms with Gasteiger partial charge in [-0.1, -0.05) is 11.6 Å². The number of carbonyl (C=O) groups excluding carboxylic acids is 1. The molecular formula is C15H20ClNO6. The second kappa shape index (κ2) is 7.63. The van der Waals surface area contributed by atoms with E-state index in [1.165, 1.54) is 18.2 Å². The third kappa shape index (κ3) is 6.05. The zero-order chi connectivity index (χ0) is 17.8. The van der Waals surface area contributed by atoms with E-state index in [9.17, 15) is 19.8 Å². The predicted molar refractivity (Wildman–Crippen MR) is 83.6 cm³/mol. The summed E-state index contributed by atoms with van der Waals surface area (Å²) in [6.07, 6.45) is -3.59. The first-order valence-electron chi connectivity index (χ1n) is 6.87. The van der Waals surface area contributed by atoms with E-state index < -0.39 is 29.9 Å². The minimum absolute atomic E-state index is 0.0602. The summed E-state index contributed by atoms with van der Waals surface area (Å²) in [6.45, 7) is 4.78. The van der Waals surface area contributed by atoms with Crippen molar-refractivity contribution in [1.82, 2.24) is 5.32 Å². The zero-order valence-corrected chi connectivity index (χ0v) is 13.8. The first-order valence-corrected chi connectivity index (χ1v) is 7.25. The number of hydrogen-bond donors (Lipinski definition) is 4. The van der Waals surface area contributed by atoms with E-state index in [1.807, 2.05) is 0 Å². The van der Waals surface area contributed by atoms with Gasteiger partial charge in [-0.15, -0.1) is 0 Å². The van der Waals surface area contributed by atoms with E-state index in [0.29, 0.717) is 0 Å². The third-order valence-electron chi connectivity index (χ3n) is 2.78. The fourth-order valence-corrected chi connectivity index (χ4v) is 1.95. The van der Waals surface area contributed by atoms with E-state index in [2.05, 4.69) is 5.32 Å². The van der Waals surface area contributed by atoms with Crippen LogP contribution in [0.25, 0.3) is 0 Å². The number of alkyl carbamates (subject to hydrolysis) is 1. The Morgan fingerprint density at radius 2 is 1.91 bits per heavy atom. The Labute approximate surface area is 138 Å². The molecule has 1 aromatic rings. The van der Waals surface area contributed by atoms with Gasteiger partial charge < -0.3 is 25.4 Å². The standard InChI is InChI=1S/C15H20ClNO6/c1-15(2,3)23-14(22)17-7-11(18)12(19)9-6-8(13(20)21)4-5-10(9)16/h4-6,11-12,18-19H,7H2,1-3H3,(H,17,22)(H,20,21). The van der Waals surface area contributed by atoms with Gasteiger partial charge in [0.2, 0.25) is 0 Å². The van der Waals surface area contributed by atoms with Crippen molar-refractivity contribution in [2.75, 3.05) is 6.54 Å². The summed E-state index contributed by atoms with van der Waals surface area (Å²) in [5.41, 5.74) is -0.701. The summed E-state index contributed by atoms with van der Waals surface area (Å²) in [6, 6.07) is 3.77. The van der Waals surface area contributed by atoms with Gasteiger partial charge in [-0.3, -0.25) is 0 Å². The zero-order valence-electron chi connectivity index (χ0n) is 13.0. The molecule has 7 nitrogen and oxygen atoms in total. The molecule has 0 aromatic heterocycles. The van der Waals surface area contributed by atoms with Crippen LogP contribution in [-0.4, -0.2) is 45.6 Å². The minimum atomic E-state index is -1.46. The Kier molecular flexibility index (Phi) is 6.37. The molecule has 0 aliphatic heterocycles. The highest BCUT2D eigenvalue weighted by Crippen LogP contribution is 2.26. The molecule has 2 unspecified atom stereocenters. The van der Waals surface area contributed by atoms with Crippen molar-refractivity contribution in [3.8, 4) is 0 Å². The summed E-state index contributed by atoms with van der Waals surface area (Å²) < 4.78 is 5.00. The maximum absolute atomic E-state index is 11.5. The number of carboxylic acids is 1. The lowest BCUT2D eigenvalue weighted by Gasteiger charge is -2.22. The maximum Gasteiger partial charge on any atom is 0.407 e. The summed E-state index contributed by atoms with van der Waals surface area (Å²) in [4.78, 5) is 22.4. The number of aromatic carboxylic acids is 1. The van der Waals surface area contributed by atoms with Crippen LogP contribution in [0.4, 0.5) is 4.79 Å². The molecule has 0 spiro atoms. The molecule has 1 aromatic carbocycles. The number of carbonyl (C=O) groups is 2. The van der Waals surface area contributed by atoms with Crippen molar-refractivity contribution in [3.63, 3.8) is 0 Å². The molecule has 0 heterocycles. The topological polar surface area (TPSA) is 116 Å². The van der Waals surface area contributed by atoms with Crippen LogP contribution in [0, 0.1) is 0 Å². The van der Waals surface area contributed by atoms with Gasteiger partial charge in [0.1, 0.15) is 17.8 Å². The molecule has 0 fully saturated rings. The molecule has 0 aliphatic rings. The highest BCUT2D eigenvalue weighted by Gasteiger charge is 2.24. The van der Waals surface area contributed by atoms with E-state index in [-0.39, 0.29) is 22.7 Å². The molecule has 0 bridgehead atoms. The second-order valence-corrected chi connectivity index (χ2v) is 6.34. The molecule has 2 atom stereocenters. The number of halogens is 1. The van der Waals surface area contributed by atoms with Crippen LogP contribution < -0.4 is 5.32 Å². The van der Waals surface area contributed by atoms with Crippen molar-refractivity contribution in [2.24, 2.45) is 0 Å². The van der Waals surface area contributed by atoms with Crippen LogP contribution in [0.5, 0.6) is 0 Å². The summed E-state index contributed by atoms with van der Waals surface area (Å²) >= 11 is 5.91. The lowest BCUT2D eigenvalue weighted by molar-refractivity contribution is 0.0129. The van der Waals surface area contributed by atoms with E-state index in [1.54, 1.807) is 20.8 Å².